The lowest BCUT2D eigenvalue weighted by Crippen LogP contribution is -2.43. The van der Waals surface area contributed by atoms with Gasteiger partial charge in [-0.15, -0.1) is 0 Å². The van der Waals surface area contributed by atoms with Crippen molar-refractivity contribution < 1.29 is 28.6 Å². The fourth-order valence-electron chi connectivity index (χ4n) is 3.34. The summed E-state index contributed by atoms with van der Waals surface area (Å²) in [6.45, 7) is 5.54. The SMILES string of the molecule is CC(=O)O.CC(C)CN1C(=O)C(CC(N)=O)OC(c2ccccc2F)c2ccccc21. The van der Waals surface area contributed by atoms with Gasteiger partial charge >= 0.3 is 0 Å². The van der Waals surface area contributed by atoms with Crippen molar-refractivity contribution in [1.29, 1.82) is 0 Å². The predicted octanol–water partition coefficient (Wildman–Crippen LogP) is 3.27. The van der Waals surface area contributed by atoms with Crippen molar-refractivity contribution in [3.05, 3.63) is 65.5 Å². The van der Waals surface area contributed by atoms with Gasteiger partial charge in [-0.05, 0) is 18.1 Å². The Kier molecular flexibility index (Phi) is 8.27. The molecule has 1 heterocycles. The molecule has 31 heavy (non-hydrogen) atoms. The molecule has 7 nitrogen and oxygen atoms in total. The van der Waals surface area contributed by atoms with Crippen LogP contribution in [0.25, 0.3) is 0 Å². The van der Waals surface area contributed by atoms with Crippen molar-refractivity contribution in [1.82, 2.24) is 0 Å². The van der Waals surface area contributed by atoms with E-state index in [1.165, 1.54) is 6.07 Å². The molecule has 0 radical (unpaired) electrons. The van der Waals surface area contributed by atoms with Crippen molar-refractivity contribution in [2.24, 2.45) is 11.7 Å². The highest BCUT2D eigenvalue weighted by atomic mass is 19.1. The monoisotopic (exact) mass is 430 g/mol. The number of amides is 2. The molecule has 1 aliphatic heterocycles. The summed E-state index contributed by atoms with van der Waals surface area (Å²) in [6.07, 6.45) is -2.14. The first-order valence-corrected chi connectivity index (χ1v) is 9.89. The van der Waals surface area contributed by atoms with Crippen molar-refractivity contribution in [3.63, 3.8) is 0 Å². The molecule has 0 bridgehead atoms. The van der Waals surface area contributed by atoms with Crippen LogP contribution < -0.4 is 10.6 Å². The van der Waals surface area contributed by atoms with Crippen molar-refractivity contribution in [2.45, 2.75) is 39.4 Å². The number of hydrogen-bond donors (Lipinski definition) is 2. The Balaban J connectivity index is 0.000000785. The molecule has 166 valence electrons. The summed E-state index contributed by atoms with van der Waals surface area (Å²) in [5.74, 6) is -2.05. The number of para-hydroxylation sites is 1. The smallest absolute Gasteiger partial charge is 0.300 e. The van der Waals surface area contributed by atoms with E-state index >= 15 is 0 Å². The maximum absolute atomic E-state index is 14.5. The van der Waals surface area contributed by atoms with E-state index in [1.54, 1.807) is 23.1 Å². The fourth-order valence-corrected chi connectivity index (χ4v) is 3.34. The minimum absolute atomic E-state index is 0.196. The third-order valence-electron chi connectivity index (χ3n) is 4.47. The molecule has 0 saturated carbocycles. The summed E-state index contributed by atoms with van der Waals surface area (Å²) >= 11 is 0. The number of carboxylic acids is 1. The van der Waals surface area contributed by atoms with Gasteiger partial charge in [0.15, 0.2) is 0 Å². The van der Waals surface area contributed by atoms with Gasteiger partial charge in [0.05, 0.1) is 6.42 Å². The number of carboxylic acid groups (broad SMARTS) is 1. The van der Waals surface area contributed by atoms with Gasteiger partial charge in [0.25, 0.3) is 11.9 Å². The standard InChI is InChI=1S/C21H23FN2O3.C2H4O2/c1-13(2)12-24-17-10-6-4-8-15(17)20(14-7-3-5-9-16(14)22)27-18(21(24)26)11-19(23)25;1-2(3)4/h3-10,13,18,20H,11-12H2,1-2H3,(H2,23,25);1H3,(H,3,4). The Morgan fingerprint density at radius 2 is 1.68 bits per heavy atom. The second kappa shape index (κ2) is 10.7. The number of anilines is 1. The van der Waals surface area contributed by atoms with Crippen molar-refractivity contribution in [3.8, 4) is 0 Å². The molecule has 2 atom stereocenters. The summed E-state index contributed by atoms with van der Waals surface area (Å²) < 4.78 is 20.5. The van der Waals surface area contributed by atoms with Crippen LogP contribution in [0.4, 0.5) is 10.1 Å². The lowest BCUT2D eigenvalue weighted by molar-refractivity contribution is -0.137. The Morgan fingerprint density at radius 1 is 1.13 bits per heavy atom. The first-order valence-electron chi connectivity index (χ1n) is 9.89. The molecule has 2 aromatic rings. The minimum atomic E-state index is -1.07. The number of nitrogens with zero attached hydrogens (tertiary/aromatic N) is 1. The number of rotatable bonds is 5. The predicted molar refractivity (Wildman–Crippen MR) is 114 cm³/mol. The maximum Gasteiger partial charge on any atom is 0.300 e. The molecule has 0 saturated heterocycles. The highest BCUT2D eigenvalue weighted by molar-refractivity contribution is 6.00. The van der Waals surface area contributed by atoms with Gasteiger partial charge in [0.1, 0.15) is 18.0 Å². The number of carbonyl (C=O) groups is 3. The molecule has 0 aromatic heterocycles. The number of carbonyl (C=O) groups excluding carboxylic acids is 2. The van der Waals surface area contributed by atoms with Crippen LogP contribution in [0.1, 0.15) is 44.4 Å². The van der Waals surface area contributed by atoms with E-state index in [0.717, 1.165) is 6.92 Å². The zero-order chi connectivity index (χ0) is 23.1. The molecule has 0 fully saturated rings. The number of aliphatic carboxylic acids is 1. The molecule has 2 unspecified atom stereocenters. The number of primary amides is 1. The average Bonchev–Trinajstić information content (AvgIpc) is 2.78. The van der Waals surface area contributed by atoms with E-state index in [4.69, 9.17) is 20.4 Å². The van der Waals surface area contributed by atoms with Gasteiger partial charge in [-0.25, -0.2) is 4.39 Å². The van der Waals surface area contributed by atoms with Crippen LogP contribution >= 0.6 is 0 Å². The number of hydrogen-bond acceptors (Lipinski definition) is 4. The van der Waals surface area contributed by atoms with Gasteiger partial charge in [0.2, 0.25) is 5.91 Å². The Bertz CT molecular complexity index is 943. The quantitative estimate of drug-likeness (QED) is 0.757. The van der Waals surface area contributed by atoms with E-state index in [9.17, 15) is 14.0 Å². The summed E-state index contributed by atoms with van der Waals surface area (Å²) in [5.41, 5.74) is 7.00. The molecule has 8 heteroatoms. The van der Waals surface area contributed by atoms with Crippen LogP contribution in [0.15, 0.2) is 48.5 Å². The van der Waals surface area contributed by atoms with E-state index in [1.807, 2.05) is 38.1 Å². The summed E-state index contributed by atoms with van der Waals surface area (Å²) in [6, 6.07) is 13.6. The normalized spacial score (nSPS) is 18.0. The molecule has 0 aliphatic carbocycles. The van der Waals surface area contributed by atoms with Gasteiger partial charge in [-0.3, -0.25) is 14.4 Å². The molecule has 0 spiro atoms. The van der Waals surface area contributed by atoms with E-state index in [-0.39, 0.29) is 18.2 Å². The number of ether oxygens (including phenoxy) is 1. The highest BCUT2D eigenvalue weighted by Gasteiger charge is 2.37. The van der Waals surface area contributed by atoms with Gasteiger partial charge in [-0.2, -0.15) is 0 Å². The van der Waals surface area contributed by atoms with E-state index < -0.39 is 29.9 Å². The second-order valence-electron chi connectivity index (χ2n) is 7.62. The van der Waals surface area contributed by atoms with E-state index in [2.05, 4.69) is 0 Å². The summed E-state index contributed by atoms with van der Waals surface area (Å²) in [7, 11) is 0. The third kappa shape index (κ3) is 6.36. The number of nitrogens with two attached hydrogens (primary N) is 1. The number of benzene rings is 2. The van der Waals surface area contributed by atoms with Crippen molar-refractivity contribution >= 4 is 23.5 Å². The average molecular weight is 430 g/mol. The van der Waals surface area contributed by atoms with Gasteiger partial charge in [-0.1, -0.05) is 50.2 Å². The largest absolute Gasteiger partial charge is 0.481 e. The topological polar surface area (TPSA) is 110 Å². The van der Waals surface area contributed by atoms with E-state index in [0.29, 0.717) is 23.4 Å². The maximum atomic E-state index is 14.5. The van der Waals surface area contributed by atoms with Gasteiger partial charge in [0, 0.05) is 30.3 Å². The van der Waals surface area contributed by atoms with Crippen LogP contribution in [-0.2, 0) is 19.1 Å². The summed E-state index contributed by atoms with van der Waals surface area (Å²) in [5, 5.41) is 7.42. The minimum Gasteiger partial charge on any atom is -0.481 e. The zero-order valence-electron chi connectivity index (χ0n) is 17.7. The molecular formula is C23H27FN2O5. The third-order valence-corrected chi connectivity index (χ3v) is 4.47. The van der Waals surface area contributed by atoms with Crippen LogP contribution in [0.3, 0.4) is 0 Å². The molecule has 2 aromatic carbocycles. The second-order valence-corrected chi connectivity index (χ2v) is 7.62. The Hall–Kier alpha value is -3.26. The van der Waals surface area contributed by atoms with Crippen LogP contribution in [0.5, 0.6) is 0 Å². The van der Waals surface area contributed by atoms with Crippen LogP contribution in [0, 0.1) is 11.7 Å². The lowest BCUT2D eigenvalue weighted by Gasteiger charge is -2.26. The molecule has 3 rings (SSSR count). The highest BCUT2D eigenvalue weighted by Crippen LogP contribution is 2.39. The zero-order valence-corrected chi connectivity index (χ0v) is 17.7. The van der Waals surface area contributed by atoms with Crippen molar-refractivity contribution in [2.75, 3.05) is 11.4 Å². The molecule has 2 amide bonds. The first-order chi connectivity index (χ1) is 14.6. The number of fused-ring (bicyclic) bond motifs is 1. The number of halogens is 1. The van der Waals surface area contributed by atoms with Crippen LogP contribution in [-0.4, -0.2) is 35.5 Å². The molecule has 3 N–H and O–H groups in total. The first kappa shape index (κ1) is 24.0. The van der Waals surface area contributed by atoms with Crippen LogP contribution in [0.2, 0.25) is 0 Å². The van der Waals surface area contributed by atoms with Gasteiger partial charge < -0.3 is 20.5 Å². The lowest BCUT2D eigenvalue weighted by atomic mass is 9.98. The summed E-state index contributed by atoms with van der Waals surface area (Å²) in [4.78, 5) is 35.3. The fraction of sp³-hybridized carbons (Fsp3) is 0.348. The molecular weight excluding hydrogens is 403 g/mol. The molecule has 1 aliphatic rings. The Morgan fingerprint density at radius 3 is 2.23 bits per heavy atom. The Labute approximate surface area is 180 Å².